The van der Waals surface area contributed by atoms with Crippen LogP contribution in [0.3, 0.4) is 0 Å². The van der Waals surface area contributed by atoms with Gasteiger partial charge in [-0.2, -0.15) is 0 Å². The first kappa shape index (κ1) is 15.5. The Bertz CT molecular complexity index is 528. The minimum absolute atomic E-state index is 0.203. The lowest BCUT2D eigenvalue weighted by Gasteiger charge is -2.10. The van der Waals surface area contributed by atoms with Gasteiger partial charge >= 0.3 is 0 Å². The highest BCUT2D eigenvalue weighted by Crippen LogP contribution is 2.21. The summed E-state index contributed by atoms with van der Waals surface area (Å²) >= 11 is 0. The van der Waals surface area contributed by atoms with E-state index in [1.54, 1.807) is 0 Å². The lowest BCUT2D eigenvalue weighted by molar-refractivity contribution is 0.159. The summed E-state index contributed by atoms with van der Waals surface area (Å²) in [4.78, 5) is 0. The number of hydrogen-bond acceptors (Lipinski definition) is 3. The quantitative estimate of drug-likeness (QED) is 0.726. The van der Waals surface area contributed by atoms with Gasteiger partial charge in [-0.25, -0.2) is 0 Å². The third-order valence-corrected chi connectivity index (χ3v) is 3.33. The largest absolute Gasteiger partial charge is 0.457 e. The maximum atomic E-state index is 9.50. The van der Waals surface area contributed by atoms with Gasteiger partial charge < -0.3 is 15.2 Å². The molecule has 0 aliphatic carbocycles. The van der Waals surface area contributed by atoms with Crippen LogP contribution in [-0.4, -0.2) is 17.8 Å². The highest BCUT2D eigenvalue weighted by atomic mass is 16.5. The average molecular weight is 285 g/mol. The molecule has 0 saturated carbocycles. The van der Waals surface area contributed by atoms with Crippen molar-refractivity contribution >= 4 is 0 Å². The first-order valence-electron chi connectivity index (χ1n) is 7.48. The van der Waals surface area contributed by atoms with Gasteiger partial charge in [-0.1, -0.05) is 37.3 Å². The minimum atomic E-state index is -0.203. The Kier molecular flexibility index (Phi) is 6.25. The monoisotopic (exact) mass is 285 g/mol. The number of nitrogens with one attached hydrogen (secondary N) is 1. The number of para-hydroxylation sites is 1. The maximum absolute atomic E-state index is 9.50. The lowest BCUT2D eigenvalue weighted by atomic mass is 10.2. The molecule has 3 nitrogen and oxygen atoms in total. The van der Waals surface area contributed by atoms with E-state index >= 15 is 0 Å². The van der Waals surface area contributed by atoms with E-state index in [0.29, 0.717) is 0 Å². The molecule has 0 bridgehead atoms. The summed E-state index contributed by atoms with van der Waals surface area (Å²) in [7, 11) is 0. The molecule has 0 saturated heterocycles. The Morgan fingerprint density at radius 3 is 2.57 bits per heavy atom. The highest BCUT2D eigenvalue weighted by Gasteiger charge is 2.01. The van der Waals surface area contributed by atoms with Crippen molar-refractivity contribution < 1.29 is 9.84 Å². The van der Waals surface area contributed by atoms with Gasteiger partial charge in [-0.15, -0.1) is 0 Å². The molecule has 0 amide bonds. The summed E-state index contributed by atoms with van der Waals surface area (Å²) in [6, 6.07) is 17.8. The molecule has 2 aromatic carbocycles. The zero-order valence-corrected chi connectivity index (χ0v) is 12.5. The van der Waals surface area contributed by atoms with E-state index in [0.717, 1.165) is 37.4 Å². The van der Waals surface area contributed by atoms with Crippen molar-refractivity contribution in [2.24, 2.45) is 0 Å². The lowest BCUT2D eigenvalue weighted by Crippen LogP contribution is -2.19. The predicted molar refractivity (Wildman–Crippen MR) is 85.6 cm³/mol. The van der Waals surface area contributed by atoms with Crippen LogP contribution in [0.2, 0.25) is 0 Å². The second kappa shape index (κ2) is 8.45. The van der Waals surface area contributed by atoms with Crippen LogP contribution in [0.4, 0.5) is 0 Å². The van der Waals surface area contributed by atoms with Gasteiger partial charge in [0, 0.05) is 6.54 Å². The van der Waals surface area contributed by atoms with E-state index in [1.807, 2.05) is 55.5 Å². The standard InChI is InChI=1S/C18H23NO2/c1-2-16(20)11-12-19-14-15-7-6-10-18(13-15)21-17-8-4-3-5-9-17/h3-10,13,16,19-20H,2,11-12,14H2,1H3. The smallest absolute Gasteiger partial charge is 0.127 e. The molecule has 2 rings (SSSR count). The summed E-state index contributed by atoms with van der Waals surface area (Å²) in [5.74, 6) is 1.68. The van der Waals surface area contributed by atoms with E-state index in [-0.39, 0.29) is 6.10 Å². The molecule has 2 N–H and O–H groups in total. The molecular formula is C18H23NO2. The number of benzene rings is 2. The van der Waals surface area contributed by atoms with Crippen molar-refractivity contribution in [3.05, 3.63) is 60.2 Å². The molecule has 0 aromatic heterocycles. The van der Waals surface area contributed by atoms with Crippen LogP contribution in [0.5, 0.6) is 11.5 Å². The minimum Gasteiger partial charge on any atom is -0.457 e. The third-order valence-electron chi connectivity index (χ3n) is 3.33. The zero-order chi connectivity index (χ0) is 14.9. The Labute approximate surface area is 126 Å². The van der Waals surface area contributed by atoms with Crippen molar-refractivity contribution in [1.82, 2.24) is 5.32 Å². The molecule has 0 aliphatic rings. The van der Waals surface area contributed by atoms with Gasteiger partial charge in [-0.3, -0.25) is 0 Å². The summed E-state index contributed by atoms with van der Waals surface area (Å²) in [6.45, 7) is 3.59. The third kappa shape index (κ3) is 5.58. The first-order chi connectivity index (χ1) is 10.3. The van der Waals surface area contributed by atoms with Crippen molar-refractivity contribution in [2.45, 2.75) is 32.4 Å². The second-order valence-corrected chi connectivity index (χ2v) is 5.09. The number of aliphatic hydroxyl groups is 1. The van der Waals surface area contributed by atoms with Crippen molar-refractivity contribution in [2.75, 3.05) is 6.54 Å². The van der Waals surface area contributed by atoms with Crippen LogP contribution in [0.25, 0.3) is 0 Å². The van der Waals surface area contributed by atoms with Crippen molar-refractivity contribution in [3.8, 4) is 11.5 Å². The maximum Gasteiger partial charge on any atom is 0.127 e. The molecule has 0 aliphatic heterocycles. The number of ether oxygens (including phenoxy) is 1. The van der Waals surface area contributed by atoms with E-state index in [2.05, 4.69) is 11.4 Å². The van der Waals surface area contributed by atoms with Crippen molar-refractivity contribution in [3.63, 3.8) is 0 Å². The first-order valence-corrected chi connectivity index (χ1v) is 7.48. The average Bonchev–Trinajstić information content (AvgIpc) is 2.52. The zero-order valence-electron chi connectivity index (χ0n) is 12.5. The summed E-state index contributed by atoms with van der Waals surface area (Å²) in [5, 5.41) is 12.8. The normalized spacial score (nSPS) is 12.1. The molecule has 0 fully saturated rings. The molecule has 2 aromatic rings. The Morgan fingerprint density at radius 1 is 1.05 bits per heavy atom. The van der Waals surface area contributed by atoms with Gasteiger partial charge in [0.05, 0.1) is 6.10 Å². The molecule has 0 heterocycles. The molecule has 3 heteroatoms. The molecule has 1 unspecified atom stereocenters. The summed E-state index contributed by atoms with van der Waals surface area (Å²) < 4.78 is 5.81. The van der Waals surface area contributed by atoms with Crippen LogP contribution in [0.1, 0.15) is 25.3 Å². The molecule has 112 valence electrons. The molecule has 0 radical (unpaired) electrons. The van der Waals surface area contributed by atoms with E-state index < -0.39 is 0 Å². The topological polar surface area (TPSA) is 41.5 Å². The number of rotatable bonds is 8. The van der Waals surface area contributed by atoms with E-state index in [9.17, 15) is 5.11 Å². The van der Waals surface area contributed by atoms with Gasteiger partial charge in [0.25, 0.3) is 0 Å². The molecule has 21 heavy (non-hydrogen) atoms. The van der Waals surface area contributed by atoms with Crippen LogP contribution in [0, 0.1) is 0 Å². The van der Waals surface area contributed by atoms with E-state index in [4.69, 9.17) is 4.74 Å². The summed E-state index contributed by atoms with van der Waals surface area (Å²) in [5.41, 5.74) is 1.18. The van der Waals surface area contributed by atoms with Gasteiger partial charge in [0.2, 0.25) is 0 Å². The fraction of sp³-hybridized carbons (Fsp3) is 0.333. The SMILES string of the molecule is CCC(O)CCNCc1cccc(Oc2ccccc2)c1. The number of hydrogen-bond donors (Lipinski definition) is 2. The van der Waals surface area contributed by atoms with Crippen LogP contribution >= 0.6 is 0 Å². The fourth-order valence-corrected chi connectivity index (χ4v) is 2.05. The molecule has 1 atom stereocenters. The predicted octanol–water partition coefficient (Wildman–Crippen LogP) is 3.73. The fourth-order valence-electron chi connectivity index (χ4n) is 2.05. The van der Waals surface area contributed by atoms with E-state index in [1.165, 1.54) is 5.56 Å². The van der Waals surface area contributed by atoms with Crippen LogP contribution < -0.4 is 10.1 Å². The molecular weight excluding hydrogens is 262 g/mol. The Balaban J connectivity index is 1.83. The van der Waals surface area contributed by atoms with Gasteiger partial charge in [0.15, 0.2) is 0 Å². The van der Waals surface area contributed by atoms with Crippen LogP contribution in [0.15, 0.2) is 54.6 Å². The van der Waals surface area contributed by atoms with Gasteiger partial charge in [-0.05, 0) is 49.2 Å². The van der Waals surface area contributed by atoms with Crippen LogP contribution in [-0.2, 0) is 6.54 Å². The molecule has 0 spiro atoms. The second-order valence-electron chi connectivity index (χ2n) is 5.09. The number of aliphatic hydroxyl groups excluding tert-OH is 1. The highest BCUT2D eigenvalue weighted by molar-refractivity contribution is 5.33. The van der Waals surface area contributed by atoms with Gasteiger partial charge in [0.1, 0.15) is 11.5 Å². The Morgan fingerprint density at radius 2 is 1.81 bits per heavy atom. The Hall–Kier alpha value is -1.84. The van der Waals surface area contributed by atoms with Crippen molar-refractivity contribution in [1.29, 1.82) is 0 Å². The summed E-state index contributed by atoms with van der Waals surface area (Å²) in [6.07, 6.45) is 1.39.